The van der Waals surface area contributed by atoms with Gasteiger partial charge in [0.05, 0.1) is 11.9 Å². The first-order valence-corrected chi connectivity index (χ1v) is 5.65. The zero-order valence-electron chi connectivity index (χ0n) is 8.19. The van der Waals surface area contributed by atoms with Crippen LogP contribution in [-0.4, -0.2) is 16.2 Å². The molecule has 0 aliphatic heterocycles. The molecule has 15 heavy (non-hydrogen) atoms. The zero-order chi connectivity index (χ0) is 10.7. The van der Waals surface area contributed by atoms with Crippen molar-refractivity contribution in [3.05, 3.63) is 36.3 Å². The third kappa shape index (κ3) is 2.03. The molecule has 0 amide bonds. The normalized spacial score (nSPS) is 9.87. The molecule has 4 heteroatoms. The quantitative estimate of drug-likeness (QED) is 0.783. The van der Waals surface area contributed by atoms with Crippen molar-refractivity contribution >= 4 is 11.8 Å². The van der Waals surface area contributed by atoms with E-state index in [4.69, 9.17) is 5.26 Å². The Balaban J connectivity index is 2.33. The predicted molar refractivity (Wildman–Crippen MR) is 60.5 cm³/mol. The molecule has 0 bridgehead atoms. The number of nitriles is 1. The fourth-order valence-corrected chi connectivity index (χ4v) is 1.70. The van der Waals surface area contributed by atoms with Crippen LogP contribution in [0.5, 0.6) is 0 Å². The Morgan fingerprint density at radius 1 is 1.33 bits per heavy atom. The van der Waals surface area contributed by atoms with Crippen molar-refractivity contribution in [3.63, 3.8) is 0 Å². The molecule has 2 rings (SSSR count). The summed E-state index contributed by atoms with van der Waals surface area (Å²) in [4.78, 5) is 8.09. The molecular formula is C11H9N3S. The van der Waals surface area contributed by atoms with Gasteiger partial charge in [-0.1, -0.05) is 12.1 Å². The van der Waals surface area contributed by atoms with Gasteiger partial charge in [0.25, 0.3) is 0 Å². The number of aromatic amines is 1. The van der Waals surface area contributed by atoms with E-state index in [1.54, 1.807) is 18.0 Å². The number of nitrogens with one attached hydrogen (secondary N) is 1. The number of rotatable bonds is 2. The van der Waals surface area contributed by atoms with Crippen LogP contribution in [-0.2, 0) is 0 Å². The van der Waals surface area contributed by atoms with Crippen molar-refractivity contribution < 1.29 is 0 Å². The van der Waals surface area contributed by atoms with Gasteiger partial charge in [0, 0.05) is 4.90 Å². The van der Waals surface area contributed by atoms with Crippen LogP contribution in [0.15, 0.2) is 35.4 Å². The third-order valence-corrected chi connectivity index (χ3v) is 2.83. The molecule has 1 heterocycles. The van der Waals surface area contributed by atoms with Crippen molar-refractivity contribution in [2.24, 2.45) is 0 Å². The van der Waals surface area contributed by atoms with E-state index in [1.807, 2.05) is 36.6 Å². The smallest absolute Gasteiger partial charge is 0.210 e. The molecule has 1 aromatic carbocycles. The highest BCUT2D eigenvalue weighted by molar-refractivity contribution is 7.98. The van der Waals surface area contributed by atoms with E-state index < -0.39 is 0 Å². The van der Waals surface area contributed by atoms with Gasteiger partial charge in [0.1, 0.15) is 6.07 Å². The topological polar surface area (TPSA) is 52.5 Å². The molecule has 0 unspecified atom stereocenters. The van der Waals surface area contributed by atoms with Crippen LogP contribution in [0.4, 0.5) is 0 Å². The Kier molecular flexibility index (Phi) is 2.75. The lowest BCUT2D eigenvalue weighted by atomic mass is 10.2. The van der Waals surface area contributed by atoms with Gasteiger partial charge in [0.2, 0.25) is 5.82 Å². The van der Waals surface area contributed by atoms with Gasteiger partial charge in [-0.25, -0.2) is 4.98 Å². The van der Waals surface area contributed by atoms with Crippen molar-refractivity contribution in [1.82, 2.24) is 9.97 Å². The first-order chi connectivity index (χ1) is 7.33. The van der Waals surface area contributed by atoms with Crippen molar-refractivity contribution in [3.8, 4) is 17.3 Å². The van der Waals surface area contributed by atoms with Crippen LogP contribution >= 0.6 is 11.8 Å². The maximum atomic E-state index is 8.63. The molecule has 3 nitrogen and oxygen atoms in total. The molecule has 0 fully saturated rings. The molecule has 1 aromatic heterocycles. The van der Waals surface area contributed by atoms with Crippen LogP contribution < -0.4 is 0 Å². The maximum absolute atomic E-state index is 8.63. The lowest BCUT2D eigenvalue weighted by Crippen LogP contribution is -1.79. The fraction of sp³-hybridized carbons (Fsp3) is 0.0909. The number of imidazole rings is 1. The van der Waals surface area contributed by atoms with E-state index in [1.165, 1.54) is 4.90 Å². The minimum absolute atomic E-state index is 0.346. The first kappa shape index (κ1) is 9.81. The second kappa shape index (κ2) is 4.20. The fourth-order valence-electron chi connectivity index (χ4n) is 1.30. The Morgan fingerprint density at radius 3 is 2.60 bits per heavy atom. The van der Waals surface area contributed by atoms with E-state index in [0.29, 0.717) is 5.82 Å². The highest BCUT2D eigenvalue weighted by Gasteiger charge is 2.01. The summed E-state index contributed by atoms with van der Waals surface area (Å²) >= 11 is 1.70. The molecule has 0 aliphatic carbocycles. The SMILES string of the molecule is CSc1ccc(-c2cnc(C#N)[nH]2)cc1. The Labute approximate surface area is 92.2 Å². The number of benzene rings is 1. The van der Waals surface area contributed by atoms with Crippen LogP contribution in [0.3, 0.4) is 0 Å². The van der Waals surface area contributed by atoms with Crippen LogP contribution in [0.1, 0.15) is 5.82 Å². The van der Waals surface area contributed by atoms with Gasteiger partial charge in [-0.2, -0.15) is 5.26 Å². The second-order valence-corrected chi connectivity index (χ2v) is 3.87. The number of aromatic nitrogens is 2. The standard InChI is InChI=1S/C11H9N3S/c1-15-9-4-2-8(3-5-9)10-7-13-11(6-12)14-10/h2-5,7H,1H3,(H,13,14). The van der Waals surface area contributed by atoms with E-state index in [-0.39, 0.29) is 0 Å². The molecule has 0 spiro atoms. The van der Waals surface area contributed by atoms with Crippen molar-refractivity contribution in [2.75, 3.05) is 6.26 Å². The minimum atomic E-state index is 0.346. The third-order valence-electron chi connectivity index (χ3n) is 2.08. The molecule has 2 aromatic rings. The van der Waals surface area contributed by atoms with Crippen LogP contribution in [0.2, 0.25) is 0 Å². The summed E-state index contributed by atoms with van der Waals surface area (Å²) in [7, 11) is 0. The number of hydrogen-bond donors (Lipinski definition) is 1. The Bertz CT molecular complexity index is 493. The summed E-state index contributed by atoms with van der Waals surface area (Å²) in [5.74, 6) is 0.346. The number of nitrogens with zero attached hydrogens (tertiary/aromatic N) is 2. The predicted octanol–water partition coefficient (Wildman–Crippen LogP) is 2.67. The number of hydrogen-bond acceptors (Lipinski definition) is 3. The minimum Gasteiger partial charge on any atom is -0.329 e. The molecule has 0 radical (unpaired) electrons. The van der Waals surface area contributed by atoms with E-state index in [9.17, 15) is 0 Å². The monoisotopic (exact) mass is 215 g/mol. The summed E-state index contributed by atoms with van der Waals surface area (Å²) in [6.45, 7) is 0. The summed E-state index contributed by atoms with van der Waals surface area (Å²) in [6, 6.07) is 10.1. The molecule has 0 aliphatic rings. The van der Waals surface area contributed by atoms with Gasteiger partial charge < -0.3 is 4.98 Å². The van der Waals surface area contributed by atoms with Gasteiger partial charge in [-0.3, -0.25) is 0 Å². The van der Waals surface area contributed by atoms with E-state index >= 15 is 0 Å². The Hall–Kier alpha value is -1.73. The van der Waals surface area contributed by atoms with Crippen LogP contribution in [0.25, 0.3) is 11.3 Å². The molecule has 0 atom stereocenters. The summed E-state index contributed by atoms with van der Waals surface area (Å²) in [5, 5.41) is 8.63. The van der Waals surface area contributed by atoms with Crippen molar-refractivity contribution in [2.45, 2.75) is 4.90 Å². The molecular weight excluding hydrogens is 206 g/mol. The largest absolute Gasteiger partial charge is 0.329 e. The number of H-pyrrole nitrogens is 1. The Morgan fingerprint density at radius 2 is 2.07 bits per heavy atom. The molecule has 0 saturated heterocycles. The zero-order valence-corrected chi connectivity index (χ0v) is 9.01. The van der Waals surface area contributed by atoms with Crippen molar-refractivity contribution in [1.29, 1.82) is 5.26 Å². The lowest BCUT2D eigenvalue weighted by molar-refractivity contribution is 1.23. The van der Waals surface area contributed by atoms with E-state index in [0.717, 1.165) is 11.3 Å². The average molecular weight is 215 g/mol. The van der Waals surface area contributed by atoms with Gasteiger partial charge in [0.15, 0.2) is 0 Å². The molecule has 74 valence electrons. The summed E-state index contributed by atoms with van der Waals surface area (Å²) < 4.78 is 0. The van der Waals surface area contributed by atoms with Gasteiger partial charge in [-0.15, -0.1) is 11.8 Å². The first-order valence-electron chi connectivity index (χ1n) is 4.43. The lowest BCUT2D eigenvalue weighted by Gasteiger charge is -1.98. The van der Waals surface area contributed by atoms with Crippen LogP contribution in [0, 0.1) is 11.3 Å². The van der Waals surface area contributed by atoms with E-state index in [2.05, 4.69) is 9.97 Å². The molecule has 1 N–H and O–H groups in total. The highest BCUT2D eigenvalue weighted by atomic mass is 32.2. The maximum Gasteiger partial charge on any atom is 0.210 e. The second-order valence-electron chi connectivity index (χ2n) is 2.99. The summed E-state index contributed by atoms with van der Waals surface area (Å²) in [5.41, 5.74) is 1.92. The summed E-state index contributed by atoms with van der Waals surface area (Å²) in [6.07, 6.45) is 3.71. The van der Waals surface area contributed by atoms with Gasteiger partial charge in [-0.05, 0) is 24.0 Å². The van der Waals surface area contributed by atoms with Gasteiger partial charge >= 0.3 is 0 Å². The number of thioether (sulfide) groups is 1. The average Bonchev–Trinajstić information content (AvgIpc) is 2.78. The molecule has 0 saturated carbocycles. The highest BCUT2D eigenvalue weighted by Crippen LogP contribution is 2.21.